The van der Waals surface area contributed by atoms with E-state index in [1.807, 2.05) is 0 Å². The summed E-state index contributed by atoms with van der Waals surface area (Å²) in [6.45, 7) is -0.145. The standard InChI is InChI=1S/C17H14F2N4O2/c1-22(10-16(24)20-13-7-11(18)6-12(19)8-13)15-9-17(25)23-5-3-2-4-14(23)21-15/h2-9H,10H2,1H3,(H,20,24). The van der Waals surface area contributed by atoms with E-state index in [1.165, 1.54) is 15.4 Å². The number of carbonyl (C=O) groups is 1. The number of hydrogen-bond donors (Lipinski definition) is 1. The minimum atomic E-state index is -0.784. The maximum Gasteiger partial charge on any atom is 0.259 e. The van der Waals surface area contributed by atoms with Crippen LogP contribution in [0.5, 0.6) is 0 Å². The fraction of sp³-hybridized carbons (Fsp3) is 0.118. The molecule has 0 fully saturated rings. The second-order valence-corrected chi connectivity index (χ2v) is 5.44. The summed E-state index contributed by atoms with van der Waals surface area (Å²) >= 11 is 0. The molecule has 1 aromatic carbocycles. The molecule has 3 aromatic rings. The summed E-state index contributed by atoms with van der Waals surface area (Å²) in [7, 11) is 1.59. The van der Waals surface area contributed by atoms with E-state index >= 15 is 0 Å². The third-order valence-electron chi connectivity index (χ3n) is 3.48. The quantitative estimate of drug-likeness (QED) is 0.787. The maximum atomic E-state index is 13.1. The van der Waals surface area contributed by atoms with E-state index in [2.05, 4.69) is 10.3 Å². The molecule has 1 N–H and O–H groups in total. The van der Waals surface area contributed by atoms with Crippen molar-refractivity contribution in [1.29, 1.82) is 0 Å². The van der Waals surface area contributed by atoms with Gasteiger partial charge in [-0.15, -0.1) is 0 Å². The molecule has 0 aliphatic heterocycles. The summed E-state index contributed by atoms with van der Waals surface area (Å²) < 4.78 is 27.7. The Morgan fingerprint density at radius 2 is 1.92 bits per heavy atom. The first-order chi connectivity index (χ1) is 11.9. The first-order valence-corrected chi connectivity index (χ1v) is 7.38. The monoisotopic (exact) mass is 344 g/mol. The minimum Gasteiger partial charge on any atom is -0.350 e. The van der Waals surface area contributed by atoms with Crippen molar-refractivity contribution in [3.63, 3.8) is 0 Å². The Bertz CT molecular complexity index is 983. The van der Waals surface area contributed by atoms with Crippen molar-refractivity contribution in [3.05, 3.63) is 70.6 Å². The summed E-state index contributed by atoms with van der Waals surface area (Å²) in [5.74, 6) is -1.75. The van der Waals surface area contributed by atoms with Crippen LogP contribution in [0.15, 0.2) is 53.5 Å². The molecule has 2 aromatic heterocycles. The molecule has 0 unspecified atom stereocenters. The van der Waals surface area contributed by atoms with Crippen molar-refractivity contribution in [2.75, 3.05) is 23.8 Å². The number of anilines is 2. The highest BCUT2D eigenvalue weighted by atomic mass is 19.1. The normalized spacial score (nSPS) is 10.7. The number of nitrogens with zero attached hydrogens (tertiary/aromatic N) is 3. The van der Waals surface area contributed by atoms with E-state index in [0.717, 1.165) is 12.1 Å². The van der Waals surface area contributed by atoms with Gasteiger partial charge in [0.25, 0.3) is 5.56 Å². The van der Waals surface area contributed by atoms with Crippen LogP contribution in [0.1, 0.15) is 0 Å². The fourth-order valence-corrected chi connectivity index (χ4v) is 2.36. The van der Waals surface area contributed by atoms with Gasteiger partial charge < -0.3 is 10.2 Å². The van der Waals surface area contributed by atoms with Crippen molar-refractivity contribution < 1.29 is 13.6 Å². The zero-order valence-corrected chi connectivity index (χ0v) is 13.2. The third-order valence-corrected chi connectivity index (χ3v) is 3.48. The number of carbonyl (C=O) groups excluding carboxylic acids is 1. The van der Waals surface area contributed by atoms with Gasteiger partial charge in [-0.3, -0.25) is 14.0 Å². The van der Waals surface area contributed by atoms with Crippen LogP contribution in [0.25, 0.3) is 5.65 Å². The first kappa shape index (κ1) is 16.6. The smallest absolute Gasteiger partial charge is 0.259 e. The highest BCUT2D eigenvalue weighted by molar-refractivity contribution is 5.93. The number of aromatic nitrogens is 2. The average Bonchev–Trinajstić information content (AvgIpc) is 2.53. The Kier molecular flexibility index (Phi) is 4.42. The van der Waals surface area contributed by atoms with Gasteiger partial charge in [-0.25, -0.2) is 13.8 Å². The Hall–Kier alpha value is -3.29. The van der Waals surface area contributed by atoms with Gasteiger partial charge in [0.1, 0.15) is 23.1 Å². The van der Waals surface area contributed by atoms with Crippen LogP contribution in [0.4, 0.5) is 20.3 Å². The minimum absolute atomic E-state index is 0.0161. The van der Waals surface area contributed by atoms with E-state index < -0.39 is 17.5 Å². The Morgan fingerprint density at radius 3 is 2.64 bits per heavy atom. The van der Waals surface area contributed by atoms with Gasteiger partial charge in [0, 0.05) is 31.1 Å². The molecule has 1 amide bonds. The fourth-order valence-electron chi connectivity index (χ4n) is 2.36. The number of hydrogen-bond acceptors (Lipinski definition) is 4. The lowest BCUT2D eigenvalue weighted by Crippen LogP contribution is -2.32. The van der Waals surface area contributed by atoms with Crippen LogP contribution in [-0.2, 0) is 4.79 Å². The molecular weight excluding hydrogens is 330 g/mol. The second kappa shape index (κ2) is 6.68. The maximum absolute atomic E-state index is 13.1. The van der Waals surface area contributed by atoms with Crippen molar-refractivity contribution >= 4 is 23.1 Å². The van der Waals surface area contributed by atoms with Gasteiger partial charge in [0.05, 0.1) is 6.54 Å². The predicted molar refractivity (Wildman–Crippen MR) is 89.7 cm³/mol. The number of pyridine rings is 1. The zero-order chi connectivity index (χ0) is 18.0. The molecule has 0 saturated heterocycles. The molecule has 25 heavy (non-hydrogen) atoms. The summed E-state index contributed by atoms with van der Waals surface area (Å²) in [5, 5.41) is 2.40. The third kappa shape index (κ3) is 3.79. The number of fused-ring (bicyclic) bond motifs is 1. The number of rotatable bonds is 4. The molecule has 0 radical (unpaired) electrons. The molecule has 128 valence electrons. The van der Waals surface area contributed by atoms with Crippen molar-refractivity contribution in [1.82, 2.24) is 9.38 Å². The molecule has 3 rings (SSSR count). The molecule has 2 heterocycles. The van der Waals surface area contributed by atoms with Crippen molar-refractivity contribution in [2.24, 2.45) is 0 Å². The molecule has 0 atom stereocenters. The Balaban J connectivity index is 1.76. The van der Waals surface area contributed by atoms with E-state index in [0.29, 0.717) is 17.5 Å². The summed E-state index contributed by atoms with van der Waals surface area (Å²) in [5.41, 5.74) is 0.187. The first-order valence-electron chi connectivity index (χ1n) is 7.38. The lowest BCUT2D eigenvalue weighted by atomic mass is 10.3. The van der Waals surface area contributed by atoms with Crippen LogP contribution >= 0.6 is 0 Å². The van der Waals surface area contributed by atoms with Crippen molar-refractivity contribution in [3.8, 4) is 0 Å². The van der Waals surface area contributed by atoms with Gasteiger partial charge >= 0.3 is 0 Å². The Labute approximate surface area is 141 Å². The van der Waals surface area contributed by atoms with Gasteiger partial charge in [0.2, 0.25) is 5.91 Å². The van der Waals surface area contributed by atoms with E-state index in [1.54, 1.807) is 31.4 Å². The van der Waals surface area contributed by atoms with Gasteiger partial charge in [-0.1, -0.05) is 6.07 Å². The molecule has 0 bridgehead atoms. The second-order valence-electron chi connectivity index (χ2n) is 5.44. The SMILES string of the molecule is CN(CC(=O)Nc1cc(F)cc(F)c1)c1cc(=O)n2ccccc2n1. The van der Waals surface area contributed by atoms with E-state index in [9.17, 15) is 18.4 Å². The largest absolute Gasteiger partial charge is 0.350 e. The summed E-state index contributed by atoms with van der Waals surface area (Å²) in [4.78, 5) is 29.9. The lowest BCUT2D eigenvalue weighted by molar-refractivity contribution is -0.114. The van der Waals surface area contributed by atoms with Crippen molar-refractivity contribution in [2.45, 2.75) is 0 Å². The average molecular weight is 344 g/mol. The molecule has 6 nitrogen and oxygen atoms in total. The van der Waals surface area contributed by atoms with Crippen LogP contribution in [0.2, 0.25) is 0 Å². The number of benzene rings is 1. The zero-order valence-electron chi connectivity index (χ0n) is 13.2. The molecule has 8 heteroatoms. The van der Waals surface area contributed by atoms with Gasteiger partial charge in [-0.2, -0.15) is 0 Å². The summed E-state index contributed by atoms with van der Waals surface area (Å²) in [6.07, 6.45) is 1.60. The predicted octanol–water partition coefficient (Wildman–Crippen LogP) is 2.05. The number of amides is 1. The van der Waals surface area contributed by atoms with Crippen LogP contribution in [-0.4, -0.2) is 28.9 Å². The molecule has 0 spiro atoms. The van der Waals surface area contributed by atoms with Gasteiger partial charge in [-0.05, 0) is 24.3 Å². The molecule has 0 aliphatic carbocycles. The van der Waals surface area contributed by atoms with Crippen LogP contribution < -0.4 is 15.8 Å². The molecular formula is C17H14F2N4O2. The van der Waals surface area contributed by atoms with Gasteiger partial charge in [0.15, 0.2) is 0 Å². The van der Waals surface area contributed by atoms with E-state index in [-0.39, 0.29) is 17.8 Å². The molecule has 0 saturated carbocycles. The number of likely N-dealkylation sites (N-methyl/N-ethyl adjacent to an activating group) is 1. The lowest BCUT2D eigenvalue weighted by Gasteiger charge is -2.18. The van der Waals surface area contributed by atoms with Crippen LogP contribution in [0, 0.1) is 11.6 Å². The number of nitrogens with one attached hydrogen (secondary N) is 1. The summed E-state index contributed by atoms with van der Waals surface area (Å²) in [6, 6.07) is 9.19. The topological polar surface area (TPSA) is 66.7 Å². The van der Waals surface area contributed by atoms with Crippen LogP contribution in [0.3, 0.4) is 0 Å². The van der Waals surface area contributed by atoms with E-state index in [4.69, 9.17) is 0 Å². The molecule has 0 aliphatic rings. The number of halogens is 2. The Morgan fingerprint density at radius 1 is 1.20 bits per heavy atom. The highest BCUT2D eigenvalue weighted by Gasteiger charge is 2.12. The highest BCUT2D eigenvalue weighted by Crippen LogP contribution is 2.13.